The van der Waals surface area contributed by atoms with Gasteiger partial charge in [-0.05, 0) is 43.9 Å². The van der Waals surface area contributed by atoms with E-state index in [2.05, 4.69) is 4.90 Å². The first kappa shape index (κ1) is 12.4. The molecule has 3 rings (SSSR count). The van der Waals surface area contributed by atoms with E-state index in [1.807, 2.05) is 0 Å². The normalized spacial score (nSPS) is 40.9. The molecule has 2 bridgehead atoms. The number of hydrogen-bond donors (Lipinski definition) is 1. The first-order valence-corrected chi connectivity index (χ1v) is 7.31. The first-order valence-electron chi connectivity index (χ1n) is 7.31. The molecule has 4 unspecified atom stereocenters. The predicted octanol–water partition coefficient (Wildman–Crippen LogP) is 1.74. The molecule has 2 aliphatic heterocycles. The summed E-state index contributed by atoms with van der Waals surface area (Å²) in [5, 5.41) is 8.93. The van der Waals surface area contributed by atoms with E-state index >= 15 is 0 Å². The SMILES string of the molecule is O=C(O)C1CCC(CN2CC3CCCC(C3)C2)O1. The van der Waals surface area contributed by atoms with E-state index in [9.17, 15) is 4.79 Å². The monoisotopic (exact) mass is 253 g/mol. The van der Waals surface area contributed by atoms with Gasteiger partial charge in [-0.3, -0.25) is 0 Å². The van der Waals surface area contributed by atoms with Crippen LogP contribution in [0.4, 0.5) is 0 Å². The molecule has 0 amide bonds. The average Bonchev–Trinajstić information content (AvgIpc) is 2.77. The molecule has 1 N–H and O–H groups in total. The fraction of sp³-hybridized carbons (Fsp3) is 0.929. The van der Waals surface area contributed by atoms with Crippen LogP contribution in [0.1, 0.15) is 38.5 Å². The molecule has 4 atom stereocenters. The zero-order valence-electron chi connectivity index (χ0n) is 10.9. The number of nitrogens with zero attached hydrogens (tertiary/aromatic N) is 1. The van der Waals surface area contributed by atoms with Gasteiger partial charge in [0.05, 0.1) is 6.10 Å². The number of rotatable bonds is 3. The van der Waals surface area contributed by atoms with Crippen molar-refractivity contribution in [2.75, 3.05) is 19.6 Å². The summed E-state index contributed by atoms with van der Waals surface area (Å²) in [5.41, 5.74) is 0. The quantitative estimate of drug-likeness (QED) is 0.832. The fourth-order valence-corrected chi connectivity index (χ4v) is 4.00. The van der Waals surface area contributed by atoms with Crippen LogP contribution < -0.4 is 0 Å². The Kier molecular flexibility index (Phi) is 3.57. The molecule has 0 radical (unpaired) electrons. The van der Waals surface area contributed by atoms with Gasteiger partial charge < -0.3 is 14.7 Å². The number of hydrogen-bond acceptors (Lipinski definition) is 3. The number of carbonyl (C=O) groups is 1. The van der Waals surface area contributed by atoms with Gasteiger partial charge in [-0.2, -0.15) is 0 Å². The Morgan fingerprint density at radius 3 is 2.50 bits per heavy atom. The average molecular weight is 253 g/mol. The third-order valence-electron chi connectivity index (χ3n) is 4.77. The van der Waals surface area contributed by atoms with Gasteiger partial charge in [0.2, 0.25) is 0 Å². The standard InChI is InChI=1S/C14H23NO3/c16-14(17)13-5-4-12(18-13)9-15-7-10-2-1-3-11(6-10)8-15/h10-13H,1-9H2,(H,16,17). The minimum Gasteiger partial charge on any atom is -0.479 e. The zero-order chi connectivity index (χ0) is 12.5. The molecule has 2 heterocycles. The first-order chi connectivity index (χ1) is 8.70. The summed E-state index contributed by atoms with van der Waals surface area (Å²) in [4.78, 5) is 13.4. The fourth-order valence-electron chi connectivity index (χ4n) is 4.00. The van der Waals surface area contributed by atoms with E-state index in [1.54, 1.807) is 0 Å². The number of fused-ring (bicyclic) bond motifs is 2. The van der Waals surface area contributed by atoms with Crippen LogP contribution in [0.3, 0.4) is 0 Å². The van der Waals surface area contributed by atoms with Crippen molar-refractivity contribution in [2.24, 2.45) is 11.8 Å². The Balaban J connectivity index is 1.50. The van der Waals surface area contributed by atoms with Crippen LogP contribution in [-0.4, -0.2) is 47.8 Å². The molecule has 3 fully saturated rings. The van der Waals surface area contributed by atoms with Crippen molar-refractivity contribution >= 4 is 5.97 Å². The molecule has 1 saturated carbocycles. The summed E-state index contributed by atoms with van der Waals surface area (Å²) < 4.78 is 5.61. The van der Waals surface area contributed by atoms with Crippen molar-refractivity contribution in [1.82, 2.24) is 4.90 Å². The third-order valence-corrected chi connectivity index (χ3v) is 4.77. The van der Waals surface area contributed by atoms with E-state index in [1.165, 1.54) is 38.8 Å². The summed E-state index contributed by atoms with van der Waals surface area (Å²) in [6.07, 6.45) is 6.77. The number of piperidine rings is 1. The molecule has 18 heavy (non-hydrogen) atoms. The molecule has 4 nitrogen and oxygen atoms in total. The van der Waals surface area contributed by atoms with Crippen molar-refractivity contribution in [1.29, 1.82) is 0 Å². The van der Waals surface area contributed by atoms with Crippen molar-refractivity contribution in [3.63, 3.8) is 0 Å². The maximum Gasteiger partial charge on any atom is 0.332 e. The van der Waals surface area contributed by atoms with E-state index in [-0.39, 0.29) is 6.10 Å². The van der Waals surface area contributed by atoms with Crippen LogP contribution in [0.25, 0.3) is 0 Å². The van der Waals surface area contributed by atoms with Crippen LogP contribution in [0.15, 0.2) is 0 Å². The number of ether oxygens (including phenoxy) is 1. The van der Waals surface area contributed by atoms with Gasteiger partial charge in [-0.25, -0.2) is 4.79 Å². The molecule has 2 saturated heterocycles. The smallest absolute Gasteiger partial charge is 0.332 e. The van der Waals surface area contributed by atoms with Crippen LogP contribution in [0.2, 0.25) is 0 Å². The predicted molar refractivity (Wildman–Crippen MR) is 67.4 cm³/mol. The van der Waals surface area contributed by atoms with Crippen LogP contribution in [0, 0.1) is 11.8 Å². The highest BCUT2D eigenvalue weighted by molar-refractivity contribution is 5.72. The highest BCUT2D eigenvalue weighted by atomic mass is 16.5. The molecule has 0 aromatic rings. The van der Waals surface area contributed by atoms with Crippen molar-refractivity contribution in [2.45, 2.75) is 50.7 Å². The summed E-state index contributed by atoms with van der Waals surface area (Å²) in [5.74, 6) is 0.969. The maximum atomic E-state index is 10.9. The number of carboxylic acid groups (broad SMARTS) is 1. The van der Waals surface area contributed by atoms with Gasteiger partial charge in [0.25, 0.3) is 0 Å². The molecule has 1 aliphatic carbocycles. The molecular formula is C14H23NO3. The highest BCUT2D eigenvalue weighted by Crippen LogP contribution is 2.35. The van der Waals surface area contributed by atoms with Gasteiger partial charge in [0, 0.05) is 19.6 Å². The van der Waals surface area contributed by atoms with Crippen LogP contribution in [-0.2, 0) is 9.53 Å². The largest absolute Gasteiger partial charge is 0.479 e. The third kappa shape index (κ3) is 2.69. The van der Waals surface area contributed by atoms with Gasteiger partial charge >= 0.3 is 5.97 Å². The van der Waals surface area contributed by atoms with E-state index < -0.39 is 12.1 Å². The lowest BCUT2D eigenvalue weighted by atomic mass is 9.78. The molecule has 102 valence electrons. The second-order valence-corrected chi connectivity index (χ2v) is 6.28. The minimum atomic E-state index is -0.798. The molecule has 0 aromatic carbocycles. The summed E-state index contributed by atoms with van der Waals surface area (Å²) >= 11 is 0. The van der Waals surface area contributed by atoms with Crippen molar-refractivity contribution in [3.05, 3.63) is 0 Å². The Labute approximate surface area is 108 Å². The Hall–Kier alpha value is -0.610. The number of carboxylic acids is 1. The molecule has 0 spiro atoms. The summed E-state index contributed by atoms with van der Waals surface area (Å²) in [6, 6.07) is 0. The summed E-state index contributed by atoms with van der Waals surface area (Å²) in [7, 11) is 0. The van der Waals surface area contributed by atoms with E-state index in [0.717, 1.165) is 24.8 Å². The Morgan fingerprint density at radius 2 is 1.89 bits per heavy atom. The van der Waals surface area contributed by atoms with E-state index in [4.69, 9.17) is 9.84 Å². The zero-order valence-corrected chi connectivity index (χ0v) is 10.9. The summed E-state index contributed by atoms with van der Waals surface area (Å²) in [6.45, 7) is 3.35. The molecule has 3 aliphatic rings. The van der Waals surface area contributed by atoms with E-state index in [0.29, 0.717) is 6.42 Å². The lowest BCUT2D eigenvalue weighted by Gasteiger charge is -2.42. The number of likely N-dealkylation sites (tertiary alicyclic amines) is 1. The van der Waals surface area contributed by atoms with Crippen molar-refractivity contribution < 1.29 is 14.6 Å². The van der Waals surface area contributed by atoms with Gasteiger partial charge in [-0.15, -0.1) is 0 Å². The molecular weight excluding hydrogens is 230 g/mol. The second-order valence-electron chi connectivity index (χ2n) is 6.28. The van der Waals surface area contributed by atoms with Crippen LogP contribution in [0.5, 0.6) is 0 Å². The maximum absolute atomic E-state index is 10.9. The van der Waals surface area contributed by atoms with Gasteiger partial charge in [-0.1, -0.05) is 6.42 Å². The lowest BCUT2D eigenvalue weighted by molar-refractivity contribution is -0.149. The van der Waals surface area contributed by atoms with Crippen LogP contribution >= 0.6 is 0 Å². The molecule has 4 heteroatoms. The number of aliphatic carboxylic acids is 1. The molecule has 0 aromatic heterocycles. The minimum absolute atomic E-state index is 0.143. The topological polar surface area (TPSA) is 49.8 Å². The Bertz CT molecular complexity index is 308. The highest BCUT2D eigenvalue weighted by Gasteiger charge is 2.35. The van der Waals surface area contributed by atoms with Gasteiger partial charge in [0.1, 0.15) is 0 Å². The Morgan fingerprint density at radius 1 is 1.17 bits per heavy atom. The van der Waals surface area contributed by atoms with Gasteiger partial charge in [0.15, 0.2) is 6.10 Å². The second kappa shape index (κ2) is 5.17. The lowest BCUT2D eigenvalue weighted by Crippen LogP contribution is -2.45. The van der Waals surface area contributed by atoms with Crippen molar-refractivity contribution in [3.8, 4) is 0 Å².